The van der Waals surface area contributed by atoms with Crippen molar-refractivity contribution in [1.29, 1.82) is 0 Å². The monoisotopic (exact) mass is 370 g/mol. The van der Waals surface area contributed by atoms with E-state index < -0.39 is 10.0 Å². The Kier molecular flexibility index (Phi) is 6.44. The zero-order chi connectivity index (χ0) is 17.7. The van der Waals surface area contributed by atoms with Gasteiger partial charge in [-0.15, -0.1) is 0 Å². The highest BCUT2D eigenvalue weighted by atomic mass is 32.2. The van der Waals surface area contributed by atoms with Gasteiger partial charge in [0.2, 0.25) is 10.0 Å². The first-order chi connectivity index (χ1) is 12.0. The van der Waals surface area contributed by atoms with Gasteiger partial charge in [-0.2, -0.15) is 4.31 Å². The Balaban J connectivity index is 1.63. The molecular formula is C18H27FN2O3S. The summed E-state index contributed by atoms with van der Waals surface area (Å²) in [5.74, 6) is -0.399. The van der Waals surface area contributed by atoms with Crippen LogP contribution in [0, 0.1) is 5.82 Å². The molecule has 2 heterocycles. The van der Waals surface area contributed by atoms with Gasteiger partial charge in [0.15, 0.2) is 0 Å². The second-order valence-electron chi connectivity index (χ2n) is 6.89. The van der Waals surface area contributed by atoms with E-state index in [1.165, 1.54) is 12.1 Å². The number of ether oxygens (including phenoxy) is 1. The molecule has 0 bridgehead atoms. The smallest absolute Gasteiger partial charge is 0.218 e. The van der Waals surface area contributed by atoms with Crippen LogP contribution in [0.1, 0.15) is 31.2 Å². The highest BCUT2D eigenvalue weighted by Gasteiger charge is 2.32. The number of hydrogen-bond acceptors (Lipinski definition) is 4. The summed E-state index contributed by atoms with van der Waals surface area (Å²) in [7, 11) is -3.38. The van der Waals surface area contributed by atoms with Gasteiger partial charge in [0.1, 0.15) is 5.82 Å². The molecule has 0 aliphatic carbocycles. The van der Waals surface area contributed by atoms with Crippen molar-refractivity contribution < 1.29 is 17.5 Å². The van der Waals surface area contributed by atoms with Crippen LogP contribution in [0.15, 0.2) is 24.3 Å². The molecule has 0 aromatic heterocycles. The quantitative estimate of drug-likeness (QED) is 0.771. The molecule has 2 fully saturated rings. The molecule has 0 amide bonds. The van der Waals surface area contributed by atoms with Crippen molar-refractivity contribution in [1.82, 2.24) is 9.21 Å². The summed E-state index contributed by atoms with van der Waals surface area (Å²) in [5.41, 5.74) is 0.638. The fraction of sp³-hybridized carbons (Fsp3) is 0.667. The Morgan fingerprint density at radius 2 is 1.80 bits per heavy atom. The van der Waals surface area contributed by atoms with Gasteiger partial charge in [0.25, 0.3) is 0 Å². The van der Waals surface area contributed by atoms with Gasteiger partial charge in [0, 0.05) is 25.7 Å². The maximum atomic E-state index is 13.0. The van der Waals surface area contributed by atoms with Gasteiger partial charge in [-0.1, -0.05) is 18.6 Å². The lowest BCUT2D eigenvalue weighted by Gasteiger charge is -2.36. The second kappa shape index (κ2) is 8.58. The van der Waals surface area contributed by atoms with Gasteiger partial charge in [-0.3, -0.25) is 4.90 Å². The lowest BCUT2D eigenvalue weighted by Crippen LogP contribution is -2.46. The fourth-order valence-electron chi connectivity index (χ4n) is 3.66. The van der Waals surface area contributed by atoms with Crippen molar-refractivity contribution in [2.75, 3.05) is 39.4 Å². The van der Waals surface area contributed by atoms with Crippen LogP contribution in [0.3, 0.4) is 0 Å². The molecule has 0 saturated carbocycles. The van der Waals surface area contributed by atoms with E-state index in [0.717, 1.165) is 58.5 Å². The molecule has 3 rings (SSSR count). The van der Waals surface area contributed by atoms with Crippen LogP contribution in [-0.2, 0) is 20.5 Å². The Morgan fingerprint density at radius 3 is 2.52 bits per heavy atom. The Labute approximate surface area is 149 Å². The normalized spacial score (nSPS) is 23.6. The summed E-state index contributed by atoms with van der Waals surface area (Å²) < 4.78 is 45.9. The average molecular weight is 370 g/mol. The molecule has 2 aliphatic rings. The average Bonchev–Trinajstić information content (AvgIpc) is 2.63. The molecule has 0 N–H and O–H groups in total. The van der Waals surface area contributed by atoms with Gasteiger partial charge < -0.3 is 4.74 Å². The lowest BCUT2D eigenvalue weighted by molar-refractivity contribution is 0.0340. The first kappa shape index (κ1) is 18.8. The second-order valence-corrected chi connectivity index (χ2v) is 8.81. The predicted molar refractivity (Wildman–Crippen MR) is 95.2 cm³/mol. The number of nitrogens with zero attached hydrogens (tertiary/aromatic N) is 2. The van der Waals surface area contributed by atoms with E-state index in [4.69, 9.17) is 4.74 Å². The Bertz CT molecular complexity index is 645. The lowest BCUT2D eigenvalue weighted by atomic mass is 10.0. The maximum absolute atomic E-state index is 13.0. The van der Waals surface area contributed by atoms with Crippen molar-refractivity contribution >= 4 is 10.0 Å². The summed E-state index contributed by atoms with van der Waals surface area (Å²) in [6, 6.07) is 5.81. The predicted octanol–water partition coefficient (Wildman–Crippen LogP) is 2.23. The number of rotatable bonds is 6. The molecule has 7 heteroatoms. The van der Waals surface area contributed by atoms with Crippen molar-refractivity contribution in [3.8, 4) is 0 Å². The fourth-order valence-corrected chi connectivity index (χ4v) is 5.51. The van der Waals surface area contributed by atoms with Crippen LogP contribution >= 0.6 is 0 Å². The molecule has 140 valence electrons. The van der Waals surface area contributed by atoms with Crippen LogP contribution in [-0.4, -0.2) is 63.1 Å². The van der Waals surface area contributed by atoms with Gasteiger partial charge in [-0.25, -0.2) is 12.8 Å². The molecule has 0 spiro atoms. The Morgan fingerprint density at radius 1 is 1.08 bits per heavy atom. The third-order valence-electron chi connectivity index (χ3n) is 5.07. The van der Waals surface area contributed by atoms with Crippen LogP contribution in [0.4, 0.5) is 4.39 Å². The number of morpholine rings is 1. The van der Waals surface area contributed by atoms with E-state index in [9.17, 15) is 12.8 Å². The zero-order valence-electron chi connectivity index (χ0n) is 14.6. The largest absolute Gasteiger partial charge is 0.379 e. The highest BCUT2D eigenvalue weighted by Crippen LogP contribution is 2.25. The van der Waals surface area contributed by atoms with E-state index >= 15 is 0 Å². The third kappa shape index (κ3) is 5.23. The molecule has 1 atom stereocenters. The summed E-state index contributed by atoms with van der Waals surface area (Å²) in [6.45, 7) is 4.88. The maximum Gasteiger partial charge on any atom is 0.218 e. The van der Waals surface area contributed by atoms with E-state index in [1.807, 2.05) is 0 Å². The number of benzene rings is 1. The van der Waals surface area contributed by atoms with E-state index in [0.29, 0.717) is 12.1 Å². The summed E-state index contributed by atoms with van der Waals surface area (Å²) >= 11 is 0. The topological polar surface area (TPSA) is 49.9 Å². The standard InChI is InChI=1S/C18H27FN2O3S/c19-17-6-4-16(5-7-17)15-25(22,23)21-9-2-1-3-18(21)8-10-20-11-13-24-14-12-20/h4-7,18H,1-3,8-15H2/t18-/m1/s1. The number of halogens is 1. The summed E-state index contributed by atoms with van der Waals surface area (Å²) in [5, 5.41) is 0. The van der Waals surface area contributed by atoms with Crippen LogP contribution in [0.25, 0.3) is 0 Å². The highest BCUT2D eigenvalue weighted by molar-refractivity contribution is 7.88. The molecule has 5 nitrogen and oxygen atoms in total. The molecule has 1 aromatic rings. The molecule has 0 radical (unpaired) electrons. The molecule has 2 aliphatic heterocycles. The van der Waals surface area contributed by atoms with Crippen molar-refractivity contribution in [2.24, 2.45) is 0 Å². The Hall–Kier alpha value is -1.02. The van der Waals surface area contributed by atoms with E-state index in [1.54, 1.807) is 16.4 Å². The summed E-state index contributed by atoms with van der Waals surface area (Å²) in [4.78, 5) is 2.35. The molecule has 2 saturated heterocycles. The van der Waals surface area contributed by atoms with Crippen molar-refractivity contribution in [3.63, 3.8) is 0 Å². The minimum atomic E-state index is -3.38. The number of sulfonamides is 1. The van der Waals surface area contributed by atoms with Crippen LogP contribution < -0.4 is 0 Å². The SMILES string of the molecule is O=S(=O)(Cc1ccc(F)cc1)N1CCCC[C@@H]1CCN1CCOCC1. The first-order valence-corrected chi connectivity index (χ1v) is 10.7. The minimum absolute atomic E-state index is 0.0542. The van der Waals surface area contributed by atoms with Crippen LogP contribution in [0.2, 0.25) is 0 Å². The third-order valence-corrected chi connectivity index (χ3v) is 6.97. The number of piperidine rings is 1. The van der Waals surface area contributed by atoms with E-state index in [-0.39, 0.29) is 17.6 Å². The summed E-state index contributed by atoms with van der Waals surface area (Å²) in [6.07, 6.45) is 3.78. The zero-order valence-corrected chi connectivity index (χ0v) is 15.4. The minimum Gasteiger partial charge on any atom is -0.379 e. The van der Waals surface area contributed by atoms with E-state index in [2.05, 4.69) is 4.90 Å². The number of hydrogen-bond donors (Lipinski definition) is 0. The first-order valence-electron chi connectivity index (χ1n) is 9.09. The van der Waals surface area contributed by atoms with Crippen molar-refractivity contribution in [3.05, 3.63) is 35.6 Å². The van der Waals surface area contributed by atoms with Crippen molar-refractivity contribution in [2.45, 2.75) is 37.5 Å². The van der Waals surface area contributed by atoms with Crippen LogP contribution in [0.5, 0.6) is 0 Å². The molecule has 1 aromatic carbocycles. The molecular weight excluding hydrogens is 343 g/mol. The molecule has 0 unspecified atom stereocenters. The van der Waals surface area contributed by atoms with Gasteiger partial charge in [0.05, 0.1) is 19.0 Å². The van der Waals surface area contributed by atoms with Gasteiger partial charge in [-0.05, 0) is 43.5 Å². The molecule has 25 heavy (non-hydrogen) atoms. The van der Waals surface area contributed by atoms with Gasteiger partial charge >= 0.3 is 0 Å².